The van der Waals surface area contributed by atoms with E-state index in [0.29, 0.717) is 11.6 Å². The maximum absolute atomic E-state index is 11.8. The van der Waals surface area contributed by atoms with Crippen LogP contribution in [0.2, 0.25) is 0 Å². The molecule has 1 unspecified atom stereocenters. The summed E-state index contributed by atoms with van der Waals surface area (Å²) in [6.45, 7) is 1.60. The predicted octanol–water partition coefficient (Wildman–Crippen LogP) is 3.40. The molecule has 0 fully saturated rings. The topological polar surface area (TPSA) is 60.4 Å². The van der Waals surface area contributed by atoms with E-state index in [2.05, 4.69) is 21.0 Å². The summed E-state index contributed by atoms with van der Waals surface area (Å²) in [5.74, 6) is 1.59. The van der Waals surface area contributed by atoms with Crippen molar-refractivity contribution in [2.45, 2.75) is 13.2 Å². The van der Waals surface area contributed by atoms with Crippen LogP contribution < -0.4 is 9.47 Å². The molecule has 0 radical (unpaired) electrons. The van der Waals surface area contributed by atoms with Gasteiger partial charge >= 0.3 is 0 Å². The average molecular weight is 405 g/mol. The molecule has 0 aliphatic carbocycles. The van der Waals surface area contributed by atoms with Gasteiger partial charge in [-0.25, -0.2) is 0 Å². The molecule has 0 saturated carbocycles. The van der Waals surface area contributed by atoms with Crippen molar-refractivity contribution in [2.24, 2.45) is 5.10 Å². The quantitative estimate of drug-likeness (QED) is 0.765. The highest BCUT2D eigenvalue weighted by atomic mass is 79.9. The number of hydrogen-bond acceptors (Lipinski definition) is 5. The molecular formula is C18H17BrN2O4. The van der Waals surface area contributed by atoms with Gasteiger partial charge in [-0.1, -0.05) is 15.9 Å². The zero-order chi connectivity index (χ0) is 17.8. The van der Waals surface area contributed by atoms with Crippen LogP contribution in [0.4, 0.5) is 0 Å². The molecule has 7 heteroatoms. The predicted molar refractivity (Wildman–Crippen MR) is 96.6 cm³/mol. The van der Waals surface area contributed by atoms with Crippen molar-refractivity contribution in [3.05, 3.63) is 58.6 Å². The lowest BCUT2D eigenvalue weighted by molar-refractivity contribution is -0.136. The molecule has 1 atom stereocenters. The monoisotopic (exact) mass is 404 g/mol. The van der Waals surface area contributed by atoms with E-state index in [-0.39, 0.29) is 12.5 Å². The van der Waals surface area contributed by atoms with E-state index in [1.807, 2.05) is 24.3 Å². The number of hydrogen-bond donors (Lipinski definition) is 0. The van der Waals surface area contributed by atoms with Crippen LogP contribution in [0.25, 0.3) is 0 Å². The molecule has 130 valence electrons. The highest BCUT2D eigenvalue weighted by Gasteiger charge is 2.32. The van der Waals surface area contributed by atoms with Crippen LogP contribution in [0.3, 0.4) is 0 Å². The summed E-state index contributed by atoms with van der Waals surface area (Å²) < 4.78 is 17.6. The van der Waals surface area contributed by atoms with Crippen molar-refractivity contribution >= 4 is 27.7 Å². The summed E-state index contributed by atoms with van der Waals surface area (Å²) in [5, 5.41) is 5.56. The molecule has 1 aliphatic rings. The Balaban J connectivity index is 1.68. The van der Waals surface area contributed by atoms with Gasteiger partial charge in [0, 0.05) is 17.0 Å². The minimum atomic E-state index is -0.613. The minimum Gasteiger partial charge on any atom is -0.497 e. The maximum Gasteiger partial charge on any atom is 0.243 e. The van der Waals surface area contributed by atoms with Gasteiger partial charge in [0.2, 0.25) is 18.0 Å². The summed E-state index contributed by atoms with van der Waals surface area (Å²) in [6, 6.07) is 14.7. The number of carbonyl (C=O) groups excluding carboxylic acids is 1. The van der Waals surface area contributed by atoms with Crippen molar-refractivity contribution in [3.8, 4) is 11.5 Å². The lowest BCUT2D eigenvalue weighted by Crippen LogP contribution is -2.36. The van der Waals surface area contributed by atoms with E-state index in [1.54, 1.807) is 31.4 Å². The van der Waals surface area contributed by atoms with Gasteiger partial charge in [0.15, 0.2) is 0 Å². The Morgan fingerprint density at radius 2 is 1.80 bits per heavy atom. The van der Waals surface area contributed by atoms with Gasteiger partial charge in [0.1, 0.15) is 18.1 Å². The van der Waals surface area contributed by atoms with Gasteiger partial charge in [-0.05, 0) is 48.5 Å². The Bertz CT molecular complexity index is 775. The third-order valence-corrected chi connectivity index (χ3v) is 4.11. The van der Waals surface area contributed by atoms with Gasteiger partial charge in [0.25, 0.3) is 0 Å². The summed E-state index contributed by atoms with van der Waals surface area (Å²) in [6.07, 6.45) is -0.613. The molecule has 2 aromatic carbocycles. The molecule has 0 aromatic heterocycles. The fourth-order valence-electron chi connectivity index (χ4n) is 2.30. The number of carbonyl (C=O) groups is 1. The Morgan fingerprint density at radius 3 is 2.40 bits per heavy atom. The molecule has 25 heavy (non-hydrogen) atoms. The largest absolute Gasteiger partial charge is 0.497 e. The normalized spacial score (nSPS) is 16.2. The van der Waals surface area contributed by atoms with Gasteiger partial charge in [-0.15, -0.1) is 5.10 Å². The molecule has 0 N–H and O–H groups in total. The Labute approximate surface area is 154 Å². The van der Waals surface area contributed by atoms with Gasteiger partial charge in [-0.2, -0.15) is 5.01 Å². The molecule has 1 heterocycles. The number of amides is 1. The fraction of sp³-hybridized carbons (Fsp3) is 0.222. The third kappa shape index (κ3) is 4.11. The van der Waals surface area contributed by atoms with Gasteiger partial charge in [-0.3, -0.25) is 4.79 Å². The number of hydrazone groups is 1. The van der Waals surface area contributed by atoms with Crippen molar-refractivity contribution in [1.82, 2.24) is 5.01 Å². The molecule has 0 spiro atoms. The average Bonchev–Trinajstić information content (AvgIpc) is 3.05. The first-order chi connectivity index (χ1) is 12.1. The summed E-state index contributed by atoms with van der Waals surface area (Å²) in [7, 11) is 1.61. The molecule has 3 rings (SSSR count). The lowest BCUT2D eigenvalue weighted by Gasteiger charge is -2.19. The van der Waals surface area contributed by atoms with E-state index in [1.165, 1.54) is 11.9 Å². The van der Waals surface area contributed by atoms with Crippen molar-refractivity contribution in [2.75, 3.05) is 13.7 Å². The Hall–Kier alpha value is -2.54. The number of nitrogens with zero attached hydrogens (tertiary/aromatic N) is 2. The molecule has 0 bridgehead atoms. The molecule has 2 aromatic rings. The number of halogens is 1. The van der Waals surface area contributed by atoms with E-state index < -0.39 is 6.23 Å². The summed E-state index contributed by atoms with van der Waals surface area (Å²) >= 11 is 3.39. The molecule has 1 aliphatic heterocycles. The van der Waals surface area contributed by atoms with E-state index in [9.17, 15) is 4.79 Å². The van der Waals surface area contributed by atoms with Crippen LogP contribution in [-0.2, 0) is 9.53 Å². The van der Waals surface area contributed by atoms with E-state index in [4.69, 9.17) is 14.2 Å². The zero-order valence-electron chi connectivity index (χ0n) is 13.8. The van der Waals surface area contributed by atoms with Crippen LogP contribution in [0, 0.1) is 0 Å². The van der Waals surface area contributed by atoms with Gasteiger partial charge < -0.3 is 14.2 Å². The first-order valence-electron chi connectivity index (χ1n) is 7.64. The van der Waals surface area contributed by atoms with E-state index >= 15 is 0 Å². The minimum absolute atomic E-state index is 0.162. The molecule has 6 nitrogen and oxygen atoms in total. The molecule has 0 saturated heterocycles. The van der Waals surface area contributed by atoms with E-state index in [0.717, 1.165) is 15.8 Å². The number of benzene rings is 2. The second-order valence-corrected chi connectivity index (χ2v) is 6.25. The number of methoxy groups -OCH3 is 1. The van der Waals surface area contributed by atoms with Crippen LogP contribution >= 0.6 is 15.9 Å². The Morgan fingerprint density at radius 1 is 1.16 bits per heavy atom. The summed E-state index contributed by atoms with van der Waals surface area (Å²) in [5.41, 5.74) is 0.793. The zero-order valence-corrected chi connectivity index (χ0v) is 15.4. The highest BCUT2D eigenvalue weighted by Crippen LogP contribution is 2.22. The number of rotatable bonds is 5. The van der Waals surface area contributed by atoms with Crippen molar-refractivity contribution in [3.63, 3.8) is 0 Å². The van der Waals surface area contributed by atoms with Crippen LogP contribution in [0.15, 0.2) is 58.1 Å². The van der Waals surface area contributed by atoms with Crippen molar-refractivity contribution < 1.29 is 19.0 Å². The first-order valence-corrected chi connectivity index (χ1v) is 8.44. The van der Waals surface area contributed by atoms with Crippen LogP contribution in [0.5, 0.6) is 11.5 Å². The first kappa shape index (κ1) is 17.3. The standard InChI is InChI=1S/C18H17BrN2O4/c1-12(22)21-17(11-24-16-9-7-15(23-2)8-10-16)25-18(20-21)13-3-5-14(19)6-4-13/h3-10,17H,11H2,1-2H3. The highest BCUT2D eigenvalue weighted by molar-refractivity contribution is 9.10. The smallest absolute Gasteiger partial charge is 0.243 e. The fourth-order valence-corrected chi connectivity index (χ4v) is 2.56. The second kappa shape index (κ2) is 7.57. The van der Waals surface area contributed by atoms with Gasteiger partial charge in [0.05, 0.1) is 7.11 Å². The Kier molecular flexibility index (Phi) is 5.23. The molecular weight excluding hydrogens is 388 g/mol. The third-order valence-electron chi connectivity index (χ3n) is 3.58. The SMILES string of the molecule is COc1ccc(OCC2OC(c3ccc(Br)cc3)=NN2C(C)=O)cc1. The lowest BCUT2D eigenvalue weighted by atomic mass is 10.2. The van der Waals surface area contributed by atoms with Crippen LogP contribution in [0.1, 0.15) is 12.5 Å². The van der Waals surface area contributed by atoms with Crippen molar-refractivity contribution in [1.29, 1.82) is 0 Å². The van der Waals surface area contributed by atoms with Crippen LogP contribution in [-0.4, -0.2) is 36.8 Å². The summed E-state index contributed by atoms with van der Waals surface area (Å²) in [4.78, 5) is 11.8. The number of ether oxygens (including phenoxy) is 3. The maximum atomic E-state index is 11.8. The second-order valence-electron chi connectivity index (χ2n) is 5.33. The molecule has 1 amide bonds.